The van der Waals surface area contributed by atoms with Gasteiger partial charge in [0.25, 0.3) is 5.91 Å². The zero-order chi connectivity index (χ0) is 21.8. The van der Waals surface area contributed by atoms with Gasteiger partial charge in [-0.3, -0.25) is 9.59 Å². The number of benzene rings is 2. The molecule has 0 saturated carbocycles. The second-order valence-electron chi connectivity index (χ2n) is 6.56. The molecule has 0 aliphatic carbocycles. The number of alkyl halides is 3. The van der Waals surface area contributed by atoms with Gasteiger partial charge >= 0.3 is 6.18 Å². The lowest BCUT2D eigenvalue weighted by Crippen LogP contribution is -2.52. The van der Waals surface area contributed by atoms with E-state index in [0.29, 0.717) is 6.07 Å². The number of halogens is 3. The molecule has 0 radical (unpaired) electrons. The second-order valence-corrected chi connectivity index (χ2v) is 6.56. The fourth-order valence-corrected chi connectivity index (χ4v) is 2.43. The number of carbonyl (C=O) groups excluding carboxylic acids is 2. The van der Waals surface area contributed by atoms with Crippen LogP contribution in [0.2, 0.25) is 0 Å². The highest BCUT2D eigenvalue weighted by Crippen LogP contribution is 2.33. The van der Waals surface area contributed by atoms with Gasteiger partial charge in [0.1, 0.15) is 5.54 Å². The summed E-state index contributed by atoms with van der Waals surface area (Å²) in [6.45, 7) is 2.73. The van der Waals surface area contributed by atoms with Gasteiger partial charge in [0.2, 0.25) is 5.91 Å². The average molecular weight is 400 g/mol. The average Bonchev–Trinajstić information content (AvgIpc) is 2.66. The van der Waals surface area contributed by atoms with E-state index in [9.17, 15) is 22.8 Å². The quantitative estimate of drug-likeness (QED) is 0.818. The van der Waals surface area contributed by atoms with Gasteiger partial charge in [0, 0.05) is 5.69 Å². The predicted molar refractivity (Wildman–Crippen MR) is 97.5 cm³/mol. The number of nitrogens with zero attached hydrogens (tertiary/aromatic N) is 2. The summed E-state index contributed by atoms with van der Waals surface area (Å²) in [4.78, 5) is 25.0. The molecule has 0 saturated heterocycles. The molecule has 0 fully saturated rings. The lowest BCUT2D eigenvalue weighted by Gasteiger charge is -2.25. The summed E-state index contributed by atoms with van der Waals surface area (Å²) in [5.74, 6) is -1.46. The monoisotopic (exact) mass is 400 g/mol. The van der Waals surface area contributed by atoms with E-state index in [1.165, 1.54) is 32.0 Å². The number of anilines is 1. The highest BCUT2D eigenvalue weighted by molar-refractivity contribution is 6.04. The first-order chi connectivity index (χ1) is 13.5. The van der Waals surface area contributed by atoms with Crippen molar-refractivity contribution in [1.29, 1.82) is 10.5 Å². The summed E-state index contributed by atoms with van der Waals surface area (Å²) >= 11 is 0. The Kier molecular flexibility index (Phi) is 5.94. The minimum atomic E-state index is -4.77. The summed E-state index contributed by atoms with van der Waals surface area (Å²) in [5.41, 5.74) is -3.26. The standard InChI is InChI=1S/C20H15F3N4O2/c1-19(2,27-17(28)15-6-4-3-5-12(15)10-24)18(29)26-14-8-7-13(11-25)16(9-14)20(21,22)23/h3-9H,1-2H3,(H,26,29)(H,27,28). The molecule has 0 aliphatic rings. The van der Waals surface area contributed by atoms with Crippen molar-refractivity contribution < 1.29 is 22.8 Å². The zero-order valence-corrected chi connectivity index (χ0v) is 15.4. The molecule has 0 aromatic heterocycles. The van der Waals surface area contributed by atoms with Crippen LogP contribution in [-0.4, -0.2) is 17.4 Å². The minimum Gasteiger partial charge on any atom is -0.338 e. The van der Waals surface area contributed by atoms with E-state index in [1.807, 2.05) is 6.07 Å². The lowest BCUT2D eigenvalue weighted by molar-refractivity contribution is -0.137. The van der Waals surface area contributed by atoms with Gasteiger partial charge in [0.05, 0.1) is 34.4 Å². The number of hydrogen-bond acceptors (Lipinski definition) is 4. The maximum Gasteiger partial charge on any atom is 0.417 e. The maximum absolute atomic E-state index is 13.1. The lowest BCUT2D eigenvalue weighted by atomic mass is 10.0. The molecule has 0 spiro atoms. The maximum atomic E-state index is 13.1. The van der Waals surface area contributed by atoms with Gasteiger partial charge in [-0.2, -0.15) is 23.7 Å². The Balaban J connectivity index is 2.23. The van der Waals surface area contributed by atoms with E-state index in [1.54, 1.807) is 12.1 Å². The molecule has 9 heteroatoms. The molecule has 0 atom stereocenters. The van der Waals surface area contributed by atoms with Crippen molar-refractivity contribution in [3.05, 3.63) is 64.7 Å². The Hall–Kier alpha value is -3.85. The molecule has 0 heterocycles. The van der Waals surface area contributed by atoms with Gasteiger partial charge in [-0.05, 0) is 44.2 Å². The highest BCUT2D eigenvalue weighted by atomic mass is 19.4. The van der Waals surface area contributed by atoms with Crippen LogP contribution in [0.4, 0.5) is 18.9 Å². The molecule has 148 valence electrons. The molecular weight excluding hydrogens is 385 g/mol. The Morgan fingerprint density at radius 2 is 1.59 bits per heavy atom. The van der Waals surface area contributed by atoms with Gasteiger partial charge in [-0.1, -0.05) is 12.1 Å². The first kappa shape index (κ1) is 21.5. The molecule has 2 rings (SSSR count). The number of nitriles is 2. The molecule has 29 heavy (non-hydrogen) atoms. The first-order valence-electron chi connectivity index (χ1n) is 8.24. The fraction of sp³-hybridized carbons (Fsp3) is 0.200. The largest absolute Gasteiger partial charge is 0.417 e. The third-order valence-corrected chi connectivity index (χ3v) is 3.99. The van der Waals surface area contributed by atoms with Crippen LogP contribution >= 0.6 is 0 Å². The van der Waals surface area contributed by atoms with Crippen LogP contribution in [0.15, 0.2) is 42.5 Å². The Labute approximate surface area is 164 Å². The van der Waals surface area contributed by atoms with E-state index in [-0.39, 0.29) is 16.8 Å². The number of hydrogen-bond donors (Lipinski definition) is 2. The smallest absolute Gasteiger partial charge is 0.338 e. The Bertz CT molecular complexity index is 1050. The van der Waals surface area contributed by atoms with Crippen LogP contribution in [0.3, 0.4) is 0 Å². The highest BCUT2D eigenvalue weighted by Gasteiger charge is 2.35. The molecule has 0 unspecified atom stereocenters. The molecular formula is C20H15F3N4O2. The van der Waals surface area contributed by atoms with Crippen LogP contribution in [0.1, 0.15) is 40.9 Å². The van der Waals surface area contributed by atoms with Crippen molar-refractivity contribution in [3.63, 3.8) is 0 Å². The second kappa shape index (κ2) is 8.03. The van der Waals surface area contributed by atoms with Crippen LogP contribution in [0, 0.1) is 22.7 Å². The van der Waals surface area contributed by atoms with Gasteiger partial charge in [-0.15, -0.1) is 0 Å². The third-order valence-electron chi connectivity index (χ3n) is 3.99. The van der Waals surface area contributed by atoms with Crippen molar-refractivity contribution in [2.45, 2.75) is 25.6 Å². The molecule has 6 nitrogen and oxygen atoms in total. The molecule has 2 N–H and O–H groups in total. The molecule has 0 aliphatic heterocycles. The van der Waals surface area contributed by atoms with Crippen molar-refractivity contribution in [3.8, 4) is 12.1 Å². The third kappa shape index (κ3) is 4.90. The molecule has 2 aromatic rings. The number of nitrogens with one attached hydrogen (secondary N) is 2. The van der Waals surface area contributed by atoms with Gasteiger partial charge in [-0.25, -0.2) is 0 Å². The Morgan fingerprint density at radius 3 is 2.17 bits per heavy atom. The first-order valence-corrected chi connectivity index (χ1v) is 8.24. The summed E-state index contributed by atoms with van der Waals surface area (Å²) < 4.78 is 39.2. The van der Waals surface area contributed by atoms with Crippen molar-refractivity contribution in [2.75, 3.05) is 5.32 Å². The van der Waals surface area contributed by atoms with Crippen LogP contribution in [0.25, 0.3) is 0 Å². The van der Waals surface area contributed by atoms with Crippen LogP contribution in [-0.2, 0) is 11.0 Å². The SMILES string of the molecule is CC(C)(NC(=O)c1ccccc1C#N)C(=O)Nc1ccc(C#N)c(C(F)(F)F)c1. The predicted octanol–water partition coefficient (Wildman–Crippen LogP) is 3.60. The number of amides is 2. The molecule has 2 amide bonds. The Morgan fingerprint density at radius 1 is 0.966 bits per heavy atom. The van der Waals surface area contributed by atoms with Gasteiger partial charge < -0.3 is 10.6 Å². The number of carbonyl (C=O) groups is 2. The van der Waals surface area contributed by atoms with Crippen LogP contribution in [0.5, 0.6) is 0 Å². The minimum absolute atomic E-state index is 0.0635. The summed E-state index contributed by atoms with van der Waals surface area (Å²) in [6.07, 6.45) is -4.77. The van der Waals surface area contributed by atoms with Crippen molar-refractivity contribution >= 4 is 17.5 Å². The summed E-state index contributed by atoms with van der Waals surface area (Å²) in [7, 11) is 0. The van der Waals surface area contributed by atoms with E-state index >= 15 is 0 Å². The van der Waals surface area contributed by atoms with E-state index < -0.39 is 34.7 Å². The van der Waals surface area contributed by atoms with E-state index in [2.05, 4.69) is 10.6 Å². The fourth-order valence-electron chi connectivity index (χ4n) is 2.43. The summed E-state index contributed by atoms with van der Waals surface area (Å²) in [5, 5.41) is 22.7. The normalized spacial score (nSPS) is 11.1. The van der Waals surface area contributed by atoms with Crippen LogP contribution < -0.4 is 10.6 Å². The molecule has 2 aromatic carbocycles. The zero-order valence-electron chi connectivity index (χ0n) is 15.4. The van der Waals surface area contributed by atoms with E-state index in [0.717, 1.165) is 12.1 Å². The number of rotatable bonds is 4. The van der Waals surface area contributed by atoms with E-state index in [4.69, 9.17) is 10.5 Å². The summed E-state index contributed by atoms with van der Waals surface area (Å²) in [6, 6.07) is 12.1. The van der Waals surface area contributed by atoms with Crippen molar-refractivity contribution in [2.24, 2.45) is 0 Å². The molecule has 0 bridgehead atoms. The topological polar surface area (TPSA) is 106 Å². The van der Waals surface area contributed by atoms with Crippen molar-refractivity contribution in [1.82, 2.24) is 5.32 Å². The van der Waals surface area contributed by atoms with Gasteiger partial charge in [0.15, 0.2) is 0 Å².